The van der Waals surface area contributed by atoms with Crippen LogP contribution in [0.15, 0.2) is 48.5 Å². The highest BCUT2D eigenvalue weighted by atomic mass is 16.5. The van der Waals surface area contributed by atoms with Gasteiger partial charge >= 0.3 is 5.97 Å². The fourth-order valence-corrected chi connectivity index (χ4v) is 1.72. The van der Waals surface area contributed by atoms with E-state index in [1.54, 1.807) is 30.3 Å². The van der Waals surface area contributed by atoms with E-state index in [2.05, 4.69) is 0 Å². The quantitative estimate of drug-likeness (QED) is 0.281. The maximum Gasteiger partial charge on any atom is 0.343 e. The van der Waals surface area contributed by atoms with Crippen molar-refractivity contribution in [1.82, 2.24) is 0 Å². The van der Waals surface area contributed by atoms with Gasteiger partial charge in [0.1, 0.15) is 5.75 Å². The number of carbonyl (C=O) groups excluding carboxylic acids is 3. The van der Waals surface area contributed by atoms with Crippen LogP contribution in [0, 0.1) is 6.92 Å². The summed E-state index contributed by atoms with van der Waals surface area (Å²) < 4.78 is 5.18. The Morgan fingerprint density at radius 3 is 2.40 bits per heavy atom. The van der Waals surface area contributed by atoms with Gasteiger partial charge in [-0.05, 0) is 31.2 Å². The van der Waals surface area contributed by atoms with Crippen molar-refractivity contribution in [2.75, 3.05) is 0 Å². The van der Waals surface area contributed by atoms with Gasteiger partial charge in [-0.25, -0.2) is 4.79 Å². The first kappa shape index (κ1) is 13.7. The molecule has 0 atom stereocenters. The molecule has 0 N–H and O–H groups in total. The first-order valence-electron chi connectivity index (χ1n) is 5.98. The molecule has 2 aromatic carbocycles. The molecule has 100 valence electrons. The van der Waals surface area contributed by atoms with Gasteiger partial charge < -0.3 is 4.74 Å². The van der Waals surface area contributed by atoms with Crippen LogP contribution in [0.25, 0.3) is 0 Å². The third-order valence-corrected chi connectivity index (χ3v) is 2.69. The molecule has 0 amide bonds. The summed E-state index contributed by atoms with van der Waals surface area (Å²) in [6.07, 6.45) is 0.224. The molecule has 0 aliphatic rings. The number of hydrogen-bond donors (Lipinski definition) is 0. The lowest BCUT2D eigenvalue weighted by Crippen LogP contribution is -2.09. The van der Waals surface area contributed by atoms with Gasteiger partial charge in [-0.2, -0.15) is 0 Å². The molecule has 0 saturated heterocycles. The fourth-order valence-electron chi connectivity index (χ4n) is 1.72. The van der Waals surface area contributed by atoms with Gasteiger partial charge in [-0.1, -0.05) is 29.8 Å². The van der Waals surface area contributed by atoms with E-state index in [-0.39, 0.29) is 17.6 Å². The highest BCUT2D eigenvalue weighted by molar-refractivity contribution is 6.33. The number of ketones is 1. The minimum absolute atomic E-state index is 0.189. The Kier molecular flexibility index (Phi) is 4.05. The summed E-state index contributed by atoms with van der Waals surface area (Å²) in [4.78, 5) is 33.6. The van der Waals surface area contributed by atoms with Crippen LogP contribution in [0.5, 0.6) is 5.75 Å². The van der Waals surface area contributed by atoms with Crippen molar-refractivity contribution < 1.29 is 19.1 Å². The number of hydrogen-bond acceptors (Lipinski definition) is 4. The summed E-state index contributed by atoms with van der Waals surface area (Å²) >= 11 is 0. The number of benzene rings is 2. The average molecular weight is 268 g/mol. The SMILES string of the molecule is Cc1cccc(C(=O)Oc2cccc(C(=O)C=O)c2)c1. The van der Waals surface area contributed by atoms with Crippen LogP contribution in [-0.2, 0) is 4.79 Å². The number of Topliss-reactive ketones (excluding diaryl/α,β-unsaturated/α-hetero) is 1. The van der Waals surface area contributed by atoms with Crippen LogP contribution >= 0.6 is 0 Å². The van der Waals surface area contributed by atoms with E-state index in [1.807, 2.05) is 13.0 Å². The smallest absolute Gasteiger partial charge is 0.343 e. The third kappa shape index (κ3) is 3.17. The highest BCUT2D eigenvalue weighted by Crippen LogP contribution is 2.16. The molecule has 0 spiro atoms. The molecule has 0 aliphatic carbocycles. The molecule has 0 saturated carbocycles. The topological polar surface area (TPSA) is 60.4 Å². The predicted molar refractivity (Wildman–Crippen MR) is 73.0 cm³/mol. The minimum atomic E-state index is -0.654. The zero-order chi connectivity index (χ0) is 14.5. The number of aryl methyl sites for hydroxylation is 1. The third-order valence-electron chi connectivity index (χ3n) is 2.69. The second kappa shape index (κ2) is 5.93. The van der Waals surface area contributed by atoms with E-state index in [1.165, 1.54) is 12.1 Å². The van der Waals surface area contributed by atoms with E-state index in [9.17, 15) is 14.4 Å². The molecule has 20 heavy (non-hydrogen) atoms. The van der Waals surface area contributed by atoms with Crippen molar-refractivity contribution in [2.45, 2.75) is 6.92 Å². The molecule has 2 aromatic rings. The van der Waals surface area contributed by atoms with Gasteiger partial charge in [0.05, 0.1) is 5.56 Å². The molecule has 0 heterocycles. The second-order valence-electron chi connectivity index (χ2n) is 4.27. The van der Waals surface area contributed by atoms with Gasteiger partial charge in [0.2, 0.25) is 5.78 Å². The van der Waals surface area contributed by atoms with Crippen LogP contribution in [0.2, 0.25) is 0 Å². The molecule has 0 bridgehead atoms. The van der Waals surface area contributed by atoms with Crippen molar-refractivity contribution >= 4 is 18.0 Å². The van der Waals surface area contributed by atoms with E-state index in [0.29, 0.717) is 5.56 Å². The maximum absolute atomic E-state index is 11.9. The summed E-state index contributed by atoms with van der Waals surface area (Å²) in [7, 11) is 0. The Hall–Kier alpha value is -2.75. The van der Waals surface area contributed by atoms with Crippen LogP contribution in [0.3, 0.4) is 0 Å². The lowest BCUT2D eigenvalue weighted by molar-refractivity contribution is -0.104. The Morgan fingerprint density at radius 2 is 1.70 bits per heavy atom. The van der Waals surface area contributed by atoms with Gasteiger partial charge in [-0.3, -0.25) is 9.59 Å². The van der Waals surface area contributed by atoms with E-state index in [0.717, 1.165) is 5.56 Å². The zero-order valence-electron chi connectivity index (χ0n) is 10.8. The van der Waals surface area contributed by atoms with E-state index in [4.69, 9.17) is 4.74 Å². The summed E-state index contributed by atoms with van der Waals surface area (Å²) in [5.74, 6) is -0.938. The molecule has 4 nitrogen and oxygen atoms in total. The van der Waals surface area contributed by atoms with Crippen LogP contribution in [0.1, 0.15) is 26.3 Å². The lowest BCUT2D eigenvalue weighted by Gasteiger charge is -2.05. The van der Waals surface area contributed by atoms with Crippen molar-refractivity contribution in [2.24, 2.45) is 0 Å². The Morgan fingerprint density at radius 1 is 1.00 bits per heavy atom. The molecular weight excluding hydrogens is 256 g/mol. The zero-order valence-corrected chi connectivity index (χ0v) is 10.8. The Labute approximate surface area is 116 Å². The van der Waals surface area contributed by atoms with Crippen LogP contribution in [0.4, 0.5) is 0 Å². The Bertz CT molecular complexity index is 674. The maximum atomic E-state index is 11.9. The molecular formula is C16H12O4. The highest BCUT2D eigenvalue weighted by Gasteiger charge is 2.10. The summed E-state index contributed by atoms with van der Waals surface area (Å²) in [5, 5.41) is 0. The minimum Gasteiger partial charge on any atom is -0.423 e. The first-order valence-corrected chi connectivity index (χ1v) is 5.98. The van der Waals surface area contributed by atoms with Crippen molar-refractivity contribution in [3.05, 3.63) is 65.2 Å². The van der Waals surface area contributed by atoms with Crippen LogP contribution in [-0.4, -0.2) is 18.0 Å². The lowest BCUT2D eigenvalue weighted by atomic mass is 10.1. The monoisotopic (exact) mass is 268 g/mol. The molecule has 0 aromatic heterocycles. The van der Waals surface area contributed by atoms with Crippen LogP contribution < -0.4 is 4.74 Å². The van der Waals surface area contributed by atoms with Gasteiger partial charge in [0.15, 0.2) is 6.29 Å². The normalized spacial score (nSPS) is 9.85. The second-order valence-corrected chi connectivity index (χ2v) is 4.27. The fraction of sp³-hybridized carbons (Fsp3) is 0.0625. The molecule has 4 heteroatoms. The van der Waals surface area contributed by atoms with Gasteiger partial charge in [0, 0.05) is 5.56 Å². The summed E-state index contributed by atoms with van der Waals surface area (Å²) in [6, 6.07) is 13.0. The number of esters is 1. The van der Waals surface area contributed by atoms with Crippen molar-refractivity contribution in [1.29, 1.82) is 0 Å². The number of carbonyl (C=O) groups is 3. The van der Waals surface area contributed by atoms with E-state index >= 15 is 0 Å². The predicted octanol–water partition coefficient (Wildman–Crippen LogP) is 2.60. The molecule has 0 fully saturated rings. The molecule has 0 aliphatic heterocycles. The average Bonchev–Trinajstić information content (AvgIpc) is 2.46. The number of rotatable bonds is 4. The Balaban J connectivity index is 2.20. The largest absolute Gasteiger partial charge is 0.423 e. The van der Waals surface area contributed by atoms with Crippen molar-refractivity contribution in [3.8, 4) is 5.75 Å². The first-order chi connectivity index (χ1) is 9.60. The van der Waals surface area contributed by atoms with E-state index < -0.39 is 11.8 Å². The summed E-state index contributed by atoms with van der Waals surface area (Å²) in [5.41, 5.74) is 1.57. The van der Waals surface area contributed by atoms with Gasteiger partial charge in [-0.15, -0.1) is 0 Å². The number of aldehydes is 1. The molecule has 2 rings (SSSR count). The summed E-state index contributed by atoms with van der Waals surface area (Å²) in [6.45, 7) is 1.88. The molecule has 0 unspecified atom stereocenters. The van der Waals surface area contributed by atoms with Gasteiger partial charge in [0.25, 0.3) is 0 Å². The standard InChI is InChI=1S/C16H12O4/c1-11-4-2-6-13(8-11)16(19)20-14-7-3-5-12(9-14)15(18)10-17/h2-10H,1H3. The molecule has 0 radical (unpaired) electrons. The number of ether oxygens (including phenoxy) is 1. The van der Waals surface area contributed by atoms with Crippen molar-refractivity contribution in [3.63, 3.8) is 0 Å².